The lowest BCUT2D eigenvalue weighted by Gasteiger charge is -2.28. The number of nitrogens with one attached hydrogen (secondary N) is 1. The van der Waals surface area contributed by atoms with Crippen LogP contribution in [0.4, 0.5) is 0 Å². The lowest BCUT2D eigenvalue weighted by molar-refractivity contribution is -0.154. The first-order chi connectivity index (χ1) is 9.93. The molecule has 1 atom stereocenters. The van der Waals surface area contributed by atoms with E-state index in [1.54, 1.807) is 0 Å². The normalized spacial score (nSPS) is 21.5. The standard InChI is InChI=1S/C17H21NO3/c1-12(2)9-17(10-13(3)15(19)18-17)16(20)21-11-14-7-5-4-6-8-14/h4-8,12H,3,9-11H2,1-2H3,(H,18,19)/t17-/m1/s1. The molecule has 1 aromatic carbocycles. The average molecular weight is 287 g/mol. The molecule has 1 aromatic rings. The Kier molecular flexibility index (Phi) is 4.46. The average Bonchev–Trinajstić information content (AvgIpc) is 2.72. The fourth-order valence-corrected chi connectivity index (χ4v) is 2.68. The van der Waals surface area contributed by atoms with Crippen molar-refractivity contribution in [3.05, 3.63) is 48.0 Å². The lowest BCUT2D eigenvalue weighted by Crippen LogP contribution is -2.50. The molecule has 0 spiro atoms. The highest BCUT2D eigenvalue weighted by atomic mass is 16.5. The fraction of sp³-hybridized carbons (Fsp3) is 0.412. The monoisotopic (exact) mass is 287 g/mol. The smallest absolute Gasteiger partial charge is 0.332 e. The highest BCUT2D eigenvalue weighted by Gasteiger charge is 2.47. The van der Waals surface area contributed by atoms with Crippen molar-refractivity contribution < 1.29 is 14.3 Å². The van der Waals surface area contributed by atoms with E-state index in [1.807, 2.05) is 44.2 Å². The molecule has 0 saturated carbocycles. The maximum absolute atomic E-state index is 12.5. The highest BCUT2D eigenvalue weighted by Crippen LogP contribution is 2.31. The molecule has 0 radical (unpaired) electrons. The molecule has 21 heavy (non-hydrogen) atoms. The summed E-state index contributed by atoms with van der Waals surface area (Å²) < 4.78 is 5.42. The molecule has 1 aliphatic heterocycles. The molecule has 1 fully saturated rings. The molecule has 0 aromatic heterocycles. The van der Waals surface area contributed by atoms with Crippen LogP contribution in [-0.2, 0) is 20.9 Å². The van der Waals surface area contributed by atoms with Crippen molar-refractivity contribution in [2.75, 3.05) is 0 Å². The summed E-state index contributed by atoms with van der Waals surface area (Å²) in [5.41, 5.74) is 0.401. The van der Waals surface area contributed by atoms with Gasteiger partial charge >= 0.3 is 5.97 Å². The van der Waals surface area contributed by atoms with Gasteiger partial charge in [-0.25, -0.2) is 4.79 Å². The predicted molar refractivity (Wildman–Crippen MR) is 80.3 cm³/mol. The van der Waals surface area contributed by atoms with Crippen molar-refractivity contribution in [3.8, 4) is 0 Å². The van der Waals surface area contributed by atoms with Crippen LogP contribution in [0, 0.1) is 5.92 Å². The zero-order chi connectivity index (χ0) is 15.5. The van der Waals surface area contributed by atoms with Crippen LogP contribution in [0.2, 0.25) is 0 Å². The van der Waals surface area contributed by atoms with Crippen LogP contribution in [0.25, 0.3) is 0 Å². The summed E-state index contributed by atoms with van der Waals surface area (Å²) in [7, 11) is 0. The number of amides is 1. The minimum Gasteiger partial charge on any atom is -0.459 e. The first-order valence-corrected chi connectivity index (χ1v) is 7.14. The third-order valence-electron chi connectivity index (χ3n) is 3.55. The number of hydrogen-bond acceptors (Lipinski definition) is 3. The molecule has 1 aliphatic rings. The largest absolute Gasteiger partial charge is 0.459 e. The van der Waals surface area contributed by atoms with Gasteiger partial charge < -0.3 is 10.1 Å². The topological polar surface area (TPSA) is 55.4 Å². The Labute approximate surface area is 125 Å². The first-order valence-electron chi connectivity index (χ1n) is 7.14. The van der Waals surface area contributed by atoms with E-state index < -0.39 is 5.54 Å². The van der Waals surface area contributed by atoms with E-state index in [0.717, 1.165) is 5.56 Å². The molecule has 1 saturated heterocycles. The Morgan fingerprint density at radius 2 is 2.05 bits per heavy atom. The van der Waals surface area contributed by atoms with Crippen LogP contribution in [0.5, 0.6) is 0 Å². The Bertz CT molecular complexity index is 532. The van der Waals surface area contributed by atoms with Crippen LogP contribution < -0.4 is 5.32 Å². The summed E-state index contributed by atoms with van der Waals surface area (Å²) in [6.45, 7) is 7.96. The highest BCUT2D eigenvalue weighted by molar-refractivity contribution is 6.02. The third kappa shape index (κ3) is 3.51. The minimum atomic E-state index is -0.961. The van der Waals surface area contributed by atoms with Gasteiger partial charge in [0, 0.05) is 12.0 Å². The molecule has 0 aliphatic carbocycles. The van der Waals surface area contributed by atoms with E-state index in [-0.39, 0.29) is 24.4 Å². The van der Waals surface area contributed by atoms with E-state index in [0.29, 0.717) is 18.4 Å². The van der Waals surface area contributed by atoms with E-state index in [1.165, 1.54) is 0 Å². The molecule has 4 nitrogen and oxygen atoms in total. The fourth-order valence-electron chi connectivity index (χ4n) is 2.68. The summed E-state index contributed by atoms with van der Waals surface area (Å²) in [5.74, 6) is -0.375. The molecular formula is C17H21NO3. The van der Waals surface area contributed by atoms with Crippen molar-refractivity contribution in [2.45, 2.75) is 38.8 Å². The molecule has 2 rings (SSSR count). The van der Waals surface area contributed by atoms with Crippen LogP contribution in [-0.4, -0.2) is 17.4 Å². The zero-order valence-electron chi connectivity index (χ0n) is 12.5. The third-order valence-corrected chi connectivity index (χ3v) is 3.55. The summed E-state index contributed by atoms with van der Waals surface area (Å²) in [5, 5.41) is 2.77. The lowest BCUT2D eigenvalue weighted by atomic mass is 9.86. The van der Waals surface area contributed by atoms with Crippen molar-refractivity contribution in [3.63, 3.8) is 0 Å². The van der Waals surface area contributed by atoms with E-state index in [2.05, 4.69) is 11.9 Å². The van der Waals surface area contributed by atoms with Gasteiger partial charge in [0.05, 0.1) is 0 Å². The molecule has 1 N–H and O–H groups in total. The van der Waals surface area contributed by atoms with Crippen LogP contribution in [0.3, 0.4) is 0 Å². The predicted octanol–water partition coefficient (Wildman–Crippen LogP) is 2.59. The van der Waals surface area contributed by atoms with Crippen LogP contribution in [0.1, 0.15) is 32.3 Å². The van der Waals surface area contributed by atoms with E-state index in [9.17, 15) is 9.59 Å². The van der Waals surface area contributed by atoms with Gasteiger partial charge in [0.1, 0.15) is 12.1 Å². The van der Waals surface area contributed by atoms with Gasteiger partial charge in [-0.3, -0.25) is 4.79 Å². The van der Waals surface area contributed by atoms with Crippen LogP contribution in [0.15, 0.2) is 42.5 Å². The summed E-state index contributed by atoms with van der Waals surface area (Å²) >= 11 is 0. The Morgan fingerprint density at radius 1 is 1.38 bits per heavy atom. The van der Waals surface area contributed by atoms with Crippen LogP contribution >= 0.6 is 0 Å². The Hall–Kier alpha value is -2.10. The minimum absolute atomic E-state index is 0.210. The molecule has 4 heteroatoms. The second-order valence-corrected chi connectivity index (χ2v) is 5.98. The summed E-state index contributed by atoms with van der Waals surface area (Å²) in [6.07, 6.45) is 0.864. The Balaban J connectivity index is 2.09. The van der Waals surface area contributed by atoms with Gasteiger partial charge in [-0.15, -0.1) is 0 Å². The van der Waals surface area contributed by atoms with E-state index in [4.69, 9.17) is 4.74 Å². The van der Waals surface area contributed by atoms with Crippen molar-refractivity contribution in [1.82, 2.24) is 5.32 Å². The number of ether oxygens (including phenoxy) is 1. The van der Waals surface area contributed by atoms with Crippen molar-refractivity contribution in [2.24, 2.45) is 5.92 Å². The zero-order valence-corrected chi connectivity index (χ0v) is 12.5. The maximum atomic E-state index is 12.5. The van der Waals surface area contributed by atoms with Crippen molar-refractivity contribution >= 4 is 11.9 Å². The Morgan fingerprint density at radius 3 is 2.57 bits per heavy atom. The molecule has 112 valence electrons. The SMILES string of the molecule is C=C1C[C@](CC(C)C)(C(=O)OCc2ccccc2)NC1=O. The van der Waals surface area contributed by atoms with Gasteiger partial charge in [0.2, 0.25) is 5.91 Å². The summed E-state index contributed by atoms with van der Waals surface area (Å²) in [6, 6.07) is 9.49. The second-order valence-electron chi connectivity index (χ2n) is 5.98. The second kappa shape index (κ2) is 6.12. The number of benzene rings is 1. The number of carbonyl (C=O) groups is 2. The van der Waals surface area contributed by atoms with Gasteiger partial charge in [0.25, 0.3) is 0 Å². The van der Waals surface area contributed by atoms with E-state index >= 15 is 0 Å². The maximum Gasteiger partial charge on any atom is 0.332 e. The number of esters is 1. The number of rotatable bonds is 5. The molecular weight excluding hydrogens is 266 g/mol. The van der Waals surface area contributed by atoms with Gasteiger partial charge in [-0.05, 0) is 17.9 Å². The van der Waals surface area contributed by atoms with Gasteiger partial charge in [-0.2, -0.15) is 0 Å². The van der Waals surface area contributed by atoms with Gasteiger partial charge in [-0.1, -0.05) is 50.8 Å². The molecule has 1 heterocycles. The van der Waals surface area contributed by atoms with Gasteiger partial charge in [0.15, 0.2) is 0 Å². The quantitative estimate of drug-likeness (QED) is 0.669. The molecule has 1 amide bonds. The molecule has 0 unspecified atom stereocenters. The summed E-state index contributed by atoms with van der Waals surface area (Å²) in [4.78, 5) is 24.2. The molecule has 0 bridgehead atoms. The number of hydrogen-bond donors (Lipinski definition) is 1. The number of carbonyl (C=O) groups excluding carboxylic acids is 2. The van der Waals surface area contributed by atoms with Crippen molar-refractivity contribution in [1.29, 1.82) is 0 Å². The first kappa shape index (κ1) is 15.3.